The number of rotatable bonds is 3. The SMILES string of the molecule is CNC1CCC(c2ccc(C(=O)O)cc2)CC1. The summed E-state index contributed by atoms with van der Waals surface area (Å²) in [5.74, 6) is -0.252. The molecule has 0 aliphatic heterocycles. The zero-order chi connectivity index (χ0) is 12.3. The lowest BCUT2D eigenvalue weighted by Gasteiger charge is -2.28. The molecular formula is C14H19NO2. The van der Waals surface area contributed by atoms with Crippen molar-refractivity contribution in [2.45, 2.75) is 37.6 Å². The first-order valence-corrected chi connectivity index (χ1v) is 6.21. The molecule has 2 N–H and O–H groups in total. The van der Waals surface area contributed by atoms with E-state index in [4.69, 9.17) is 5.11 Å². The minimum atomic E-state index is -0.851. The molecule has 0 radical (unpaired) electrons. The van der Waals surface area contributed by atoms with E-state index in [9.17, 15) is 4.79 Å². The fraction of sp³-hybridized carbons (Fsp3) is 0.500. The Morgan fingerprint density at radius 2 is 1.76 bits per heavy atom. The van der Waals surface area contributed by atoms with Crippen molar-refractivity contribution in [3.63, 3.8) is 0 Å². The van der Waals surface area contributed by atoms with E-state index in [1.807, 2.05) is 19.2 Å². The van der Waals surface area contributed by atoms with E-state index in [-0.39, 0.29) is 0 Å². The van der Waals surface area contributed by atoms with Crippen molar-refractivity contribution in [2.24, 2.45) is 0 Å². The first-order chi connectivity index (χ1) is 8.20. The van der Waals surface area contributed by atoms with E-state index >= 15 is 0 Å². The Morgan fingerprint density at radius 1 is 1.18 bits per heavy atom. The van der Waals surface area contributed by atoms with Crippen molar-refractivity contribution in [3.05, 3.63) is 35.4 Å². The summed E-state index contributed by atoms with van der Waals surface area (Å²) in [6.07, 6.45) is 4.81. The number of aromatic carboxylic acids is 1. The molecule has 2 rings (SSSR count). The van der Waals surface area contributed by atoms with Gasteiger partial charge in [-0.15, -0.1) is 0 Å². The highest BCUT2D eigenvalue weighted by molar-refractivity contribution is 5.87. The molecule has 0 unspecified atom stereocenters. The van der Waals surface area contributed by atoms with E-state index in [2.05, 4.69) is 5.32 Å². The largest absolute Gasteiger partial charge is 0.478 e. The van der Waals surface area contributed by atoms with Crippen LogP contribution in [-0.2, 0) is 0 Å². The van der Waals surface area contributed by atoms with Gasteiger partial charge in [-0.1, -0.05) is 12.1 Å². The van der Waals surface area contributed by atoms with Crippen LogP contribution in [0.2, 0.25) is 0 Å². The van der Waals surface area contributed by atoms with Crippen LogP contribution in [0.5, 0.6) is 0 Å². The zero-order valence-corrected chi connectivity index (χ0v) is 10.1. The minimum absolute atomic E-state index is 0.373. The molecule has 0 atom stereocenters. The van der Waals surface area contributed by atoms with E-state index in [1.54, 1.807) is 12.1 Å². The molecule has 1 aliphatic rings. The zero-order valence-electron chi connectivity index (χ0n) is 10.1. The van der Waals surface area contributed by atoms with Crippen LogP contribution in [0.1, 0.15) is 47.5 Å². The molecule has 0 bridgehead atoms. The Balaban J connectivity index is 2.01. The third kappa shape index (κ3) is 2.86. The second-order valence-electron chi connectivity index (χ2n) is 4.76. The van der Waals surface area contributed by atoms with Crippen molar-refractivity contribution in [1.29, 1.82) is 0 Å². The Labute approximate surface area is 102 Å². The standard InChI is InChI=1S/C14H19NO2/c1-15-13-8-6-11(7-9-13)10-2-4-12(5-3-10)14(16)17/h2-5,11,13,15H,6-9H2,1H3,(H,16,17). The van der Waals surface area contributed by atoms with Gasteiger partial charge >= 0.3 is 5.97 Å². The first kappa shape index (κ1) is 12.1. The van der Waals surface area contributed by atoms with Crippen LogP contribution in [0.25, 0.3) is 0 Å². The van der Waals surface area contributed by atoms with Gasteiger partial charge in [-0.25, -0.2) is 4.79 Å². The lowest BCUT2D eigenvalue weighted by Crippen LogP contribution is -2.29. The third-order valence-electron chi connectivity index (χ3n) is 3.76. The number of carboxylic acids is 1. The molecule has 3 heteroatoms. The average Bonchev–Trinajstić information content (AvgIpc) is 2.39. The van der Waals surface area contributed by atoms with Crippen LogP contribution in [0, 0.1) is 0 Å². The fourth-order valence-corrected chi connectivity index (χ4v) is 2.61. The summed E-state index contributed by atoms with van der Waals surface area (Å²) in [6.45, 7) is 0. The van der Waals surface area contributed by atoms with Crippen LogP contribution >= 0.6 is 0 Å². The normalized spacial score (nSPS) is 24.5. The van der Waals surface area contributed by atoms with Gasteiger partial charge in [-0.3, -0.25) is 0 Å². The van der Waals surface area contributed by atoms with E-state index in [0.717, 1.165) is 0 Å². The molecule has 1 fully saturated rings. The maximum atomic E-state index is 10.8. The summed E-state index contributed by atoms with van der Waals surface area (Å²) in [5, 5.41) is 12.2. The Kier molecular flexibility index (Phi) is 3.79. The Morgan fingerprint density at radius 3 is 2.24 bits per heavy atom. The van der Waals surface area contributed by atoms with Crippen LogP contribution in [0.3, 0.4) is 0 Å². The van der Waals surface area contributed by atoms with Gasteiger partial charge in [0, 0.05) is 6.04 Å². The summed E-state index contributed by atoms with van der Waals surface area (Å²) in [5.41, 5.74) is 1.65. The molecular weight excluding hydrogens is 214 g/mol. The highest BCUT2D eigenvalue weighted by Gasteiger charge is 2.21. The smallest absolute Gasteiger partial charge is 0.335 e. The van der Waals surface area contributed by atoms with Gasteiger partial charge in [0.25, 0.3) is 0 Å². The summed E-state index contributed by atoms with van der Waals surface area (Å²) < 4.78 is 0. The molecule has 92 valence electrons. The molecule has 1 saturated carbocycles. The molecule has 0 amide bonds. The molecule has 0 aromatic heterocycles. The molecule has 0 saturated heterocycles. The average molecular weight is 233 g/mol. The number of hydrogen-bond donors (Lipinski definition) is 2. The summed E-state index contributed by atoms with van der Waals surface area (Å²) >= 11 is 0. The molecule has 1 aromatic rings. The van der Waals surface area contributed by atoms with Crippen LogP contribution in [0.15, 0.2) is 24.3 Å². The molecule has 1 aromatic carbocycles. The Hall–Kier alpha value is -1.35. The van der Waals surface area contributed by atoms with Crippen LogP contribution in [0.4, 0.5) is 0 Å². The summed E-state index contributed by atoms with van der Waals surface area (Å²) in [6, 6.07) is 8.01. The number of benzene rings is 1. The van der Waals surface area contributed by atoms with Gasteiger partial charge < -0.3 is 10.4 Å². The first-order valence-electron chi connectivity index (χ1n) is 6.21. The van der Waals surface area contributed by atoms with Crippen LogP contribution < -0.4 is 5.32 Å². The molecule has 1 aliphatic carbocycles. The maximum Gasteiger partial charge on any atom is 0.335 e. The Bertz CT molecular complexity index is 378. The highest BCUT2D eigenvalue weighted by atomic mass is 16.4. The number of hydrogen-bond acceptors (Lipinski definition) is 2. The second-order valence-corrected chi connectivity index (χ2v) is 4.76. The topological polar surface area (TPSA) is 49.3 Å². The monoisotopic (exact) mass is 233 g/mol. The van der Waals surface area contributed by atoms with Gasteiger partial charge in [0.2, 0.25) is 0 Å². The van der Waals surface area contributed by atoms with E-state index in [0.29, 0.717) is 17.5 Å². The van der Waals surface area contributed by atoms with Crippen molar-refractivity contribution in [2.75, 3.05) is 7.05 Å². The van der Waals surface area contributed by atoms with Crippen molar-refractivity contribution >= 4 is 5.97 Å². The summed E-state index contributed by atoms with van der Waals surface area (Å²) in [4.78, 5) is 10.8. The number of carbonyl (C=O) groups is 1. The fourth-order valence-electron chi connectivity index (χ4n) is 2.61. The third-order valence-corrected chi connectivity index (χ3v) is 3.76. The van der Waals surface area contributed by atoms with Gasteiger partial charge in [-0.2, -0.15) is 0 Å². The van der Waals surface area contributed by atoms with Gasteiger partial charge in [0.15, 0.2) is 0 Å². The van der Waals surface area contributed by atoms with Gasteiger partial charge in [-0.05, 0) is 56.3 Å². The quantitative estimate of drug-likeness (QED) is 0.843. The van der Waals surface area contributed by atoms with Crippen molar-refractivity contribution in [1.82, 2.24) is 5.32 Å². The lowest BCUT2D eigenvalue weighted by atomic mass is 9.81. The minimum Gasteiger partial charge on any atom is -0.478 e. The highest BCUT2D eigenvalue weighted by Crippen LogP contribution is 2.32. The lowest BCUT2D eigenvalue weighted by molar-refractivity contribution is 0.0697. The number of carboxylic acid groups (broad SMARTS) is 1. The maximum absolute atomic E-state index is 10.8. The molecule has 0 heterocycles. The van der Waals surface area contributed by atoms with Gasteiger partial charge in [0.05, 0.1) is 5.56 Å². The summed E-state index contributed by atoms with van der Waals surface area (Å²) in [7, 11) is 2.02. The predicted octanol–water partition coefficient (Wildman–Crippen LogP) is 2.63. The predicted molar refractivity (Wildman–Crippen MR) is 67.5 cm³/mol. The van der Waals surface area contributed by atoms with Crippen molar-refractivity contribution in [3.8, 4) is 0 Å². The molecule has 3 nitrogen and oxygen atoms in total. The van der Waals surface area contributed by atoms with E-state index in [1.165, 1.54) is 31.2 Å². The van der Waals surface area contributed by atoms with E-state index < -0.39 is 5.97 Å². The molecule has 17 heavy (non-hydrogen) atoms. The van der Waals surface area contributed by atoms with Crippen molar-refractivity contribution < 1.29 is 9.90 Å². The van der Waals surface area contributed by atoms with Crippen LogP contribution in [-0.4, -0.2) is 24.2 Å². The molecule has 0 spiro atoms. The second kappa shape index (κ2) is 5.32. The van der Waals surface area contributed by atoms with Gasteiger partial charge in [0.1, 0.15) is 0 Å². The number of nitrogens with one attached hydrogen (secondary N) is 1.